The van der Waals surface area contributed by atoms with Gasteiger partial charge in [-0.05, 0) is 13.8 Å². The Balaban J connectivity index is 3.09. The summed E-state index contributed by atoms with van der Waals surface area (Å²) in [6, 6.07) is 1.84. The zero-order valence-electron chi connectivity index (χ0n) is 8.23. The summed E-state index contributed by atoms with van der Waals surface area (Å²) in [6.45, 7) is 5.50. The minimum Gasteiger partial charge on any atom is -0.368 e. The topological polar surface area (TPSA) is 91.7 Å². The standard InChI is InChI=1S/C8H12N6/c1-3-14(4-2)8-12-6(5-9)11-7(10)13-8/h3-4H2,1-2H3,(H2,10,11,12,13). The number of hydrogen-bond donors (Lipinski definition) is 1. The van der Waals surface area contributed by atoms with Gasteiger partial charge in [0, 0.05) is 13.1 Å². The normalized spacial score (nSPS) is 9.50. The van der Waals surface area contributed by atoms with Crippen molar-refractivity contribution in [2.75, 3.05) is 23.7 Å². The van der Waals surface area contributed by atoms with Crippen molar-refractivity contribution < 1.29 is 0 Å². The summed E-state index contributed by atoms with van der Waals surface area (Å²) in [5, 5.41) is 8.64. The van der Waals surface area contributed by atoms with Crippen molar-refractivity contribution in [2.45, 2.75) is 13.8 Å². The quantitative estimate of drug-likeness (QED) is 0.734. The Bertz CT molecular complexity index is 351. The summed E-state index contributed by atoms with van der Waals surface area (Å²) in [7, 11) is 0. The predicted octanol–water partition coefficient (Wildman–Crippen LogP) is 0.172. The molecular formula is C8H12N6. The molecule has 0 spiro atoms. The first-order chi connectivity index (χ1) is 6.71. The summed E-state index contributed by atoms with van der Waals surface area (Å²) in [5.41, 5.74) is 5.44. The Morgan fingerprint density at radius 1 is 1.29 bits per heavy atom. The predicted molar refractivity (Wildman–Crippen MR) is 52.5 cm³/mol. The molecule has 1 heterocycles. The third-order valence-corrected chi connectivity index (χ3v) is 1.79. The van der Waals surface area contributed by atoms with E-state index in [1.807, 2.05) is 24.8 Å². The van der Waals surface area contributed by atoms with E-state index in [1.54, 1.807) is 0 Å². The second kappa shape index (κ2) is 4.37. The monoisotopic (exact) mass is 192 g/mol. The first-order valence-corrected chi connectivity index (χ1v) is 4.37. The molecule has 1 aromatic rings. The molecule has 0 bridgehead atoms. The Hall–Kier alpha value is -1.90. The second-order valence-corrected chi connectivity index (χ2v) is 2.60. The molecule has 14 heavy (non-hydrogen) atoms. The van der Waals surface area contributed by atoms with Gasteiger partial charge in [-0.25, -0.2) is 0 Å². The fraction of sp³-hybridized carbons (Fsp3) is 0.500. The summed E-state index contributed by atoms with van der Waals surface area (Å²) in [5.74, 6) is 0.594. The van der Waals surface area contributed by atoms with E-state index in [-0.39, 0.29) is 11.8 Å². The van der Waals surface area contributed by atoms with Gasteiger partial charge in [-0.1, -0.05) is 0 Å². The Labute approximate surface area is 82.4 Å². The Morgan fingerprint density at radius 3 is 2.43 bits per heavy atom. The number of nitriles is 1. The first kappa shape index (κ1) is 10.2. The third kappa shape index (κ3) is 2.07. The van der Waals surface area contributed by atoms with Crippen molar-refractivity contribution in [1.29, 1.82) is 5.26 Å². The third-order valence-electron chi connectivity index (χ3n) is 1.79. The number of aromatic nitrogens is 3. The van der Waals surface area contributed by atoms with Crippen LogP contribution in [-0.2, 0) is 0 Å². The zero-order chi connectivity index (χ0) is 10.6. The van der Waals surface area contributed by atoms with Crippen LogP contribution >= 0.6 is 0 Å². The number of nitrogen functional groups attached to an aromatic ring is 1. The fourth-order valence-electron chi connectivity index (χ4n) is 1.08. The summed E-state index contributed by atoms with van der Waals surface area (Å²) in [4.78, 5) is 13.5. The van der Waals surface area contributed by atoms with Gasteiger partial charge in [0.25, 0.3) is 0 Å². The van der Waals surface area contributed by atoms with Crippen LogP contribution in [0.15, 0.2) is 0 Å². The number of anilines is 2. The highest BCUT2D eigenvalue weighted by Gasteiger charge is 2.08. The molecule has 0 saturated heterocycles. The van der Waals surface area contributed by atoms with E-state index in [0.717, 1.165) is 13.1 Å². The van der Waals surface area contributed by atoms with Crippen LogP contribution in [0.1, 0.15) is 19.7 Å². The molecule has 6 nitrogen and oxygen atoms in total. The van der Waals surface area contributed by atoms with E-state index in [9.17, 15) is 0 Å². The molecule has 0 unspecified atom stereocenters. The number of nitrogens with two attached hydrogens (primary N) is 1. The van der Waals surface area contributed by atoms with Gasteiger partial charge in [-0.2, -0.15) is 20.2 Å². The average Bonchev–Trinajstić information content (AvgIpc) is 2.19. The van der Waals surface area contributed by atoms with E-state index in [0.29, 0.717) is 5.95 Å². The lowest BCUT2D eigenvalue weighted by Crippen LogP contribution is -2.25. The summed E-state index contributed by atoms with van der Waals surface area (Å²) in [6.07, 6.45) is 0. The van der Waals surface area contributed by atoms with Gasteiger partial charge in [0.1, 0.15) is 6.07 Å². The van der Waals surface area contributed by atoms with E-state index >= 15 is 0 Å². The lowest BCUT2D eigenvalue weighted by atomic mass is 10.5. The number of nitrogens with zero attached hydrogens (tertiary/aromatic N) is 5. The van der Waals surface area contributed by atoms with Crippen LogP contribution in [0.25, 0.3) is 0 Å². The molecule has 0 aromatic carbocycles. The highest BCUT2D eigenvalue weighted by Crippen LogP contribution is 2.07. The van der Waals surface area contributed by atoms with Crippen LogP contribution in [0.2, 0.25) is 0 Å². The molecule has 0 aliphatic heterocycles. The van der Waals surface area contributed by atoms with E-state index in [1.165, 1.54) is 0 Å². The van der Waals surface area contributed by atoms with E-state index < -0.39 is 0 Å². The second-order valence-electron chi connectivity index (χ2n) is 2.60. The fourth-order valence-corrected chi connectivity index (χ4v) is 1.08. The molecule has 1 rings (SSSR count). The van der Waals surface area contributed by atoms with Crippen molar-refractivity contribution >= 4 is 11.9 Å². The largest absolute Gasteiger partial charge is 0.368 e. The van der Waals surface area contributed by atoms with Crippen molar-refractivity contribution in [3.63, 3.8) is 0 Å². The summed E-state index contributed by atoms with van der Waals surface area (Å²) >= 11 is 0. The zero-order valence-corrected chi connectivity index (χ0v) is 8.23. The van der Waals surface area contributed by atoms with Gasteiger partial charge in [-0.15, -0.1) is 0 Å². The molecule has 0 radical (unpaired) electrons. The minimum absolute atomic E-state index is 0.0550. The van der Waals surface area contributed by atoms with Crippen molar-refractivity contribution in [2.24, 2.45) is 0 Å². The van der Waals surface area contributed by atoms with Crippen molar-refractivity contribution in [3.8, 4) is 6.07 Å². The van der Waals surface area contributed by atoms with Crippen molar-refractivity contribution in [1.82, 2.24) is 15.0 Å². The number of hydrogen-bond acceptors (Lipinski definition) is 6. The molecule has 0 aliphatic carbocycles. The van der Waals surface area contributed by atoms with Crippen LogP contribution < -0.4 is 10.6 Å². The maximum atomic E-state index is 8.64. The highest BCUT2D eigenvalue weighted by atomic mass is 15.3. The van der Waals surface area contributed by atoms with Crippen molar-refractivity contribution in [3.05, 3.63) is 5.82 Å². The molecule has 1 aromatic heterocycles. The molecule has 0 atom stereocenters. The van der Waals surface area contributed by atoms with Gasteiger partial charge in [0.15, 0.2) is 0 Å². The molecule has 0 saturated carbocycles. The van der Waals surface area contributed by atoms with Gasteiger partial charge in [0.2, 0.25) is 17.7 Å². The van der Waals surface area contributed by atoms with E-state index in [4.69, 9.17) is 11.0 Å². The molecular weight excluding hydrogens is 180 g/mol. The molecule has 0 aliphatic rings. The van der Waals surface area contributed by atoms with Gasteiger partial charge in [0.05, 0.1) is 0 Å². The minimum atomic E-state index is 0.0550. The SMILES string of the molecule is CCN(CC)c1nc(N)nc(C#N)n1. The van der Waals surface area contributed by atoms with Crippen LogP contribution in [0.3, 0.4) is 0 Å². The smallest absolute Gasteiger partial charge is 0.238 e. The van der Waals surface area contributed by atoms with Crippen LogP contribution in [0.5, 0.6) is 0 Å². The Kier molecular flexibility index (Phi) is 3.18. The Morgan fingerprint density at radius 2 is 1.93 bits per heavy atom. The molecule has 0 fully saturated rings. The van der Waals surface area contributed by atoms with Gasteiger partial charge in [-0.3, -0.25) is 0 Å². The molecule has 74 valence electrons. The number of rotatable bonds is 3. The molecule has 0 amide bonds. The van der Waals surface area contributed by atoms with Gasteiger partial charge < -0.3 is 10.6 Å². The van der Waals surface area contributed by atoms with Crippen LogP contribution in [0, 0.1) is 11.3 Å². The van der Waals surface area contributed by atoms with Crippen LogP contribution in [0.4, 0.5) is 11.9 Å². The maximum absolute atomic E-state index is 8.64. The molecule has 2 N–H and O–H groups in total. The highest BCUT2D eigenvalue weighted by molar-refractivity contribution is 5.36. The average molecular weight is 192 g/mol. The maximum Gasteiger partial charge on any atom is 0.238 e. The van der Waals surface area contributed by atoms with E-state index in [2.05, 4.69) is 15.0 Å². The first-order valence-electron chi connectivity index (χ1n) is 4.37. The lowest BCUT2D eigenvalue weighted by molar-refractivity contribution is 0.810. The van der Waals surface area contributed by atoms with Crippen LogP contribution in [-0.4, -0.2) is 28.0 Å². The summed E-state index contributed by atoms with van der Waals surface area (Å²) < 4.78 is 0. The molecule has 6 heteroatoms. The van der Waals surface area contributed by atoms with Gasteiger partial charge >= 0.3 is 0 Å². The lowest BCUT2D eigenvalue weighted by Gasteiger charge is -2.17.